The molecule has 1 aliphatic rings. The number of piperazine rings is 1. The maximum absolute atomic E-state index is 4.22. The summed E-state index contributed by atoms with van der Waals surface area (Å²) in [4.78, 5) is 4.77. The van der Waals surface area contributed by atoms with E-state index in [-0.39, 0.29) is 0 Å². The molecule has 16 heavy (non-hydrogen) atoms. The van der Waals surface area contributed by atoms with Gasteiger partial charge in [0.2, 0.25) is 0 Å². The summed E-state index contributed by atoms with van der Waals surface area (Å²) < 4.78 is 0. The van der Waals surface area contributed by atoms with E-state index in [2.05, 4.69) is 42.0 Å². The van der Waals surface area contributed by atoms with E-state index in [0.29, 0.717) is 0 Å². The van der Waals surface area contributed by atoms with Crippen LogP contribution in [0.5, 0.6) is 0 Å². The van der Waals surface area contributed by atoms with Gasteiger partial charge in [0.25, 0.3) is 0 Å². The van der Waals surface area contributed by atoms with Crippen LogP contribution in [0, 0.1) is 6.92 Å². The van der Waals surface area contributed by atoms with Crippen LogP contribution in [0.3, 0.4) is 0 Å². The molecule has 5 heteroatoms. The molecule has 0 unspecified atom stereocenters. The highest BCUT2D eigenvalue weighted by molar-refractivity contribution is 9.09. The molecule has 1 aromatic rings. The average molecular weight is 285 g/mol. The lowest BCUT2D eigenvalue weighted by molar-refractivity contribution is 0.273. The zero-order valence-electron chi connectivity index (χ0n) is 9.56. The molecule has 0 spiro atoms. The number of anilines is 1. The molecule has 1 fully saturated rings. The molecule has 0 bridgehead atoms. The van der Waals surface area contributed by atoms with Crippen molar-refractivity contribution >= 4 is 21.7 Å². The van der Waals surface area contributed by atoms with E-state index in [1.165, 1.54) is 0 Å². The molecule has 0 radical (unpaired) electrons. The van der Waals surface area contributed by atoms with Gasteiger partial charge >= 0.3 is 0 Å². The Kier molecular flexibility index (Phi) is 4.12. The summed E-state index contributed by atoms with van der Waals surface area (Å²) in [6.45, 7) is 7.41. The normalized spacial score (nSPS) is 17.8. The second-order valence-electron chi connectivity index (χ2n) is 4.05. The van der Waals surface area contributed by atoms with Gasteiger partial charge in [-0.1, -0.05) is 15.9 Å². The van der Waals surface area contributed by atoms with Crippen molar-refractivity contribution in [3.8, 4) is 0 Å². The zero-order valence-corrected chi connectivity index (χ0v) is 11.2. The molecule has 1 aliphatic heterocycles. The predicted octanol–water partition coefficient (Wildman–Crippen LogP) is 1.30. The molecule has 0 aromatic carbocycles. The Morgan fingerprint density at radius 2 is 1.94 bits per heavy atom. The number of hydrogen-bond acceptors (Lipinski definition) is 4. The fourth-order valence-corrected chi connectivity index (χ4v) is 2.38. The van der Waals surface area contributed by atoms with Crippen molar-refractivity contribution in [1.82, 2.24) is 15.1 Å². The van der Waals surface area contributed by atoms with Gasteiger partial charge in [-0.25, -0.2) is 0 Å². The minimum Gasteiger partial charge on any atom is -0.353 e. The standard InChI is InChI=1S/C11H17BrN4/c1-10-2-3-11(14-13-10)16-8-6-15(5-4-12)7-9-16/h2-3H,4-9H2,1H3. The Morgan fingerprint density at radius 1 is 1.19 bits per heavy atom. The Morgan fingerprint density at radius 3 is 2.50 bits per heavy atom. The van der Waals surface area contributed by atoms with Crippen LogP contribution in [-0.2, 0) is 0 Å². The van der Waals surface area contributed by atoms with Crippen molar-refractivity contribution in [2.45, 2.75) is 6.92 Å². The number of halogens is 1. The molecule has 1 saturated heterocycles. The average Bonchev–Trinajstić information content (AvgIpc) is 2.32. The topological polar surface area (TPSA) is 32.3 Å². The van der Waals surface area contributed by atoms with Crippen LogP contribution in [0.1, 0.15) is 5.69 Å². The number of aryl methyl sites for hydroxylation is 1. The molecule has 0 N–H and O–H groups in total. The Bertz CT molecular complexity index is 319. The fraction of sp³-hybridized carbons (Fsp3) is 0.636. The van der Waals surface area contributed by atoms with E-state index in [4.69, 9.17) is 0 Å². The Balaban J connectivity index is 1.91. The SMILES string of the molecule is Cc1ccc(N2CCN(CCBr)CC2)nn1. The van der Waals surface area contributed by atoms with Crippen LogP contribution < -0.4 is 4.90 Å². The molecule has 2 heterocycles. The van der Waals surface area contributed by atoms with Gasteiger partial charge in [0.1, 0.15) is 0 Å². The minimum absolute atomic E-state index is 0.974. The Labute approximate surface area is 105 Å². The van der Waals surface area contributed by atoms with Gasteiger partial charge in [0.05, 0.1) is 5.69 Å². The van der Waals surface area contributed by atoms with Gasteiger partial charge in [-0.2, -0.15) is 5.10 Å². The lowest BCUT2D eigenvalue weighted by Gasteiger charge is -2.34. The second kappa shape index (κ2) is 5.59. The summed E-state index contributed by atoms with van der Waals surface area (Å²) in [5, 5.41) is 9.37. The number of aromatic nitrogens is 2. The van der Waals surface area contributed by atoms with Crippen LogP contribution in [-0.4, -0.2) is 53.2 Å². The molecular weight excluding hydrogens is 268 g/mol. The van der Waals surface area contributed by atoms with E-state index in [1.54, 1.807) is 0 Å². The minimum atomic E-state index is 0.974. The monoisotopic (exact) mass is 284 g/mol. The number of alkyl halides is 1. The second-order valence-corrected chi connectivity index (χ2v) is 4.84. The molecule has 0 atom stereocenters. The lowest BCUT2D eigenvalue weighted by Crippen LogP contribution is -2.47. The van der Waals surface area contributed by atoms with Gasteiger partial charge in [0, 0.05) is 38.1 Å². The van der Waals surface area contributed by atoms with Gasteiger partial charge in [-0.3, -0.25) is 4.90 Å². The van der Waals surface area contributed by atoms with Crippen molar-refractivity contribution in [2.75, 3.05) is 43.0 Å². The number of hydrogen-bond donors (Lipinski definition) is 0. The third-order valence-corrected chi connectivity index (χ3v) is 3.24. The van der Waals surface area contributed by atoms with E-state index >= 15 is 0 Å². The highest BCUT2D eigenvalue weighted by Crippen LogP contribution is 2.12. The van der Waals surface area contributed by atoms with Crippen molar-refractivity contribution < 1.29 is 0 Å². The lowest BCUT2D eigenvalue weighted by atomic mass is 10.3. The summed E-state index contributed by atoms with van der Waals surface area (Å²) in [6.07, 6.45) is 0. The smallest absolute Gasteiger partial charge is 0.151 e. The van der Waals surface area contributed by atoms with Crippen molar-refractivity contribution in [3.05, 3.63) is 17.8 Å². The highest BCUT2D eigenvalue weighted by atomic mass is 79.9. The molecular formula is C11H17BrN4. The predicted molar refractivity (Wildman–Crippen MR) is 69.2 cm³/mol. The van der Waals surface area contributed by atoms with Crippen molar-refractivity contribution in [3.63, 3.8) is 0 Å². The molecule has 0 saturated carbocycles. The Hall–Kier alpha value is -0.680. The van der Waals surface area contributed by atoms with Crippen LogP contribution in [0.15, 0.2) is 12.1 Å². The van der Waals surface area contributed by atoms with Crippen LogP contribution in [0.25, 0.3) is 0 Å². The number of nitrogens with zero attached hydrogens (tertiary/aromatic N) is 4. The first-order valence-electron chi connectivity index (χ1n) is 5.63. The zero-order chi connectivity index (χ0) is 11.4. The van der Waals surface area contributed by atoms with Crippen molar-refractivity contribution in [1.29, 1.82) is 0 Å². The van der Waals surface area contributed by atoms with Crippen LogP contribution in [0.2, 0.25) is 0 Å². The maximum Gasteiger partial charge on any atom is 0.151 e. The first-order chi connectivity index (χ1) is 7.79. The van der Waals surface area contributed by atoms with Crippen LogP contribution in [0.4, 0.5) is 5.82 Å². The first-order valence-corrected chi connectivity index (χ1v) is 6.75. The fourth-order valence-electron chi connectivity index (χ4n) is 1.88. The van der Waals surface area contributed by atoms with E-state index in [1.807, 2.05) is 13.0 Å². The van der Waals surface area contributed by atoms with Gasteiger partial charge in [-0.05, 0) is 19.1 Å². The first kappa shape index (κ1) is 11.8. The summed E-state index contributed by atoms with van der Waals surface area (Å²) >= 11 is 3.48. The summed E-state index contributed by atoms with van der Waals surface area (Å²) in [5.74, 6) is 1.00. The van der Waals surface area contributed by atoms with Crippen LogP contribution >= 0.6 is 15.9 Å². The quantitative estimate of drug-likeness (QED) is 0.784. The molecule has 1 aromatic heterocycles. The van der Waals surface area contributed by atoms with E-state index in [9.17, 15) is 0 Å². The summed E-state index contributed by atoms with van der Waals surface area (Å²) in [5.41, 5.74) is 0.974. The summed E-state index contributed by atoms with van der Waals surface area (Å²) in [7, 11) is 0. The van der Waals surface area contributed by atoms with Gasteiger partial charge < -0.3 is 4.90 Å². The molecule has 0 aliphatic carbocycles. The molecule has 2 rings (SSSR count). The van der Waals surface area contributed by atoms with Gasteiger partial charge in [0.15, 0.2) is 5.82 Å². The highest BCUT2D eigenvalue weighted by Gasteiger charge is 2.17. The van der Waals surface area contributed by atoms with E-state index < -0.39 is 0 Å². The maximum atomic E-state index is 4.22. The largest absolute Gasteiger partial charge is 0.353 e. The van der Waals surface area contributed by atoms with E-state index in [0.717, 1.165) is 49.6 Å². The molecule has 4 nitrogen and oxygen atoms in total. The third kappa shape index (κ3) is 2.92. The number of rotatable bonds is 3. The molecule has 88 valence electrons. The van der Waals surface area contributed by atoms with Crippen molar-refractivity contribution in [2.24, 2.45) is 0 Å². The third-order valence-electron chi connectivity index (χ3n) is 2.88. The van der Waals surface area contributed by atoms with Gasteiger partial charge in [-0.15, -0.1) is 5.10 Å². The summed E-state index contributed by atoms with van der Waals surface area (Å²) in [6, 6.07) is 4.08. The molecule has 0 amide bonds.